The molecule has 0 radical (unpaired) electrons. The lowest BCUT2D eigenvalue weighted by molar-refractivity contribution is -0.152. The lowest BCUT2D eigenvalue weighted by atomic mass is 10.1. The monoisotopic (exact) mass is 423 g/mol. The van der Waals surface area contributed by atoms with E-state index in [4.69, 9.17) is 4.74 Å². The first-order chi connectivity index (χ1) is 14.8. The van der Waals surface area contributed by atoms with Gasteiger partial charge < -0.3 is 19.9 Å². The minimum Gasteiger partial charge on any atom is -0.455 e. The highest BCUT2D eigenvalue weighted by Crippen LogP contribution is 2.28. The van der Waals surface area contributed by atoms with Crippen LogP contribution >= 0.6 is 0 Å². The van der Waals surface area contributed by atoms with Crippen LogP contribution in [0.1, 0.15) is 30.5 Å². The summed E-state index contributed by atoms with van der Waals surface area (Å²) in [5.41, 5.74) is 3.05. The first-order valence-electron chi connectivity index (χ1n) is 10.4. The lowest BCUT2D eigenvalue weighted by Crippen LogP contribution is -2.32. The molecule has 0 spiro atoms. The van der Waals surface area contributed by atoms with Crippen LogP contribution in [-0.4, -0.2) is 49.9 Å². The van der Waals surface area contributed by atoms with Crippen molar-refractivity contribution in [1.82, 2.24) is 10.2 Å². The number of rotatable bonds is 8. The van der Waals surface area contributed by atoms with E-state index in [1.165, 1.54) is 0 Å². The largest absolute Gasteiger partial charge is 0.455 e. The van der Waals surface area contributed by atoms with E-state index in [0.717, 1.165) is 16.8 Å². The van der Waals surface area contributed by atoms with Gasteiger partial charge in [0, 0.05) is 39.3 Å². The van der Waals surface area contributed by atoms with Gasteiger partial charge in [-0.2, -0.15) is 0 Å². The van der Waals surface area contributed by atoms with E-state index < -0.39 is 11.9 Å². The number of ether oxygens (including phenoxy) is 1. The van der Waals surface area contributed by atoms with Crippen LogP contribution in [0.25, 0.3) is 0 Å². The molecule has 0 aromatic heterocycles. The Hall–Kier alpha value is -3.35. The number of hydrogen-bond donors (Lipinski definition) is 1. The molecule has 7 heteroatoms. The second-order valence-electron chi connectivity index (χ2n) is 7.98. The summed E-state index contributed by atoms with van der Waals surface area (Å²) in [7, 11) is 3.93. The number of benzene rings is 2. The number of amides is 2. The van der Waals surface area contributed by atoms with Gasteiger partial charge in [0.2, 0.25) is 5.91 Å². The Morgan fingerprint density at radius 1 is 1.13 bits per heavy atom. The molecule has 1 heterocycles. The zero-order valence-corrected chi connectivity index (χ0v) is 18.2. The van der Waals surface area contributed by atoms with Crippen molar-refractivity contribution in [1.29, 1.82) is 0 Å². The molecule has 164 valence electrons. The van der Waals surface area contributed by atoms with Gasteiger partial charge in [0.25, 0.3) is 5.91 Å². The highest BCUT2D eigenvalue weighted by molar-refractivity contribution is 5.88. The molecule has 2 aromatic rings. The molecule has 3 rings (SSSR count). The molecule has 1 aliphatic rings. The molecule has 0 aliphatic carbocycles. The maximum atomic E-state index is 12.4. The van der Waals surface area contributed by atoms with Gasteiger partial charge >= 0.3 is 5.97 Å². The number of carbonyl (C=O) groups is 3. The molecule has 0 unspecified atom stereocenters. The van der Waals surface area contributed by atoms with Crippen molar-refractivity contribution >= 4 is 23.5 Å². The van der Waals surface area contributed by atoms with Crippen LogP contribution in [0.5, 0.6) is 0 Å². The van der Waals surface area contributed by atoms with Crippen LogP contribution < -0.4 is 10.2 Å². The first kappa shape index (κ1) is 22.3. The number of likely N-dealkylation sites (tertiary alicyclic amines) is 1. The summed E-state index contributed by atoms with van der Waals surface area (Å²) >= 11 is 0. The Bertz CT molecular complexity index is 912. The number of anilines is 1. The zero-order chi connectivity index (χ0) is 22.4. The van der Waals surface area contributed by atoms with E-state index >= 15 is 0 Å². The number of hydrogen-bond acceptors (Lipinski definition) is 5. The van der Waals surface area contributed by atoms with Gasteiger partial charge in [-0.05, 0) is 30.2 Å². The van der Waals surface area contributed by atoms with E-state index in [1.54, 1.807) is 4.90 Å². The zero-order valence-electron chi connectivity index (χ0n) is 18.2. The van der Waals surface area contributed by atoms with Crippen molar-refractivity contribution in [3.05, 3.63) is 65.7 Å². The van der Waals surface area contributed by atoms with Crippen LogP contribution in [0, 0.1) is 5.92 Å². The first-order valence-corrected chi connectivity index (χ1v) is 10.4. The molecule has 1 saturated heterocycles. The van der Waals surface area contributed by atoms with E-state index in [0.29, 0.717) is 13.1 Å². The fraction of sp³-hybridized carbons (Fsp3) is 0.375. The standard InChI is InChI=1S/C24H29N3O4/c1-17(19-7-5-4-6-8-19)27-15-20(13-23(27)29)24(30)31-16-22(28)25-14-18-9-11-21(12-10-18)26(2)3/h4-12,17,20H,13-16H2,1-3H3,(H,25,28)/t17-,20+/m0/s1. The molecule has 2 aromatic carbocycles. The van der Waals surface area contributed by atoms with Crippen molar-refractivity contribution in [3.63, 3.8) is 0 Å². The fourth-order valence-electron chi connectivity index (χ4n) is 3.59. The second-order valence-corrected chi connectivity index (χ2v) is 7.98. The van der Waals surface area contributed by atoms with Crippen LogP contribution in [0.4, 0.5) is 5.69 Å². The molecule has 2 atom stereocenters. The van der Waals surface area contributed by atoms with Crippen molar-refractivity contribution < 1.29 is 19.1 Å². The van der Waals surface area contributed by atoms with Crippen molar-refractivity contribution in [2.75, 3.05) is 32.1 Å². The number of nitrogens with zero attached hydrogens (tertiary/aromatic N) is 2. The van der Waals surface area contributed by atoms with E-state index in [1.807, 2.05) is 80.5 Å². The smallest absolute Gasteiger partial charge is 0.311 e. The normalized spacial score (nSPS) is 16.7. The van der Waals surface area contributed by atoms with Crippen molar-refractivity contribution in [2.45, 2.75) is 25.9 Å². The molecule has 31 heavy (non-hydrogen) atoms. The molecular weight excluding hydrogens is 394 g/mol. The average molecular weight is 424 g/mol. The Balaban J connectivity index is 1.44. The Morgan fingerprint density at radius 3 is 2.45 bits per heavy atom. The molecule has 1 N–H and O–H groups in total. The highest BCUT2D eigenvalue weighted by Gasteiger charge is 2.38. The molecule has 2 amide bonds. The molecule has 1 fully saturated rings. The van der Waals surface area contributed by atoms with Crippen LogP contribution in [0.2, 0.25) is 0 Å². The van der Waals surface area contributed by atoms with Gasteiger partial charge in [-0.15, -0.1) is 0 Å². The molecule has 1 aliphatic heterocycles. The van der Waals surface area contributed by atoms with Gasteiger partial charge in [-0.3, -0.25) is 14.4 Å². The van der Waals surface area contributed by atoms with E-state index in [2.05, 4.69) is 5.32 Å². The summed E-state index contributed by atoms with van der Waals surface area (Å²) in [4.78, 5) is 40.5. The maximum Gasteiger partial charge on any atom is 0.311 e. The van der Waals surface area contributed by atoms with Gasteiger partial charge in [-0.25, -0.2) is 0 Å². The van der Waals surface area contributed by atoms with Gasteiger partial charge in [0.15, 0.2) is 6.61 Å². The summed E-state index contributed by atoms with van der Waals surface area (Å²) in [5, 5.41) is 2.74. The highest BCUT2D eigenvalue weighted by atomic mass is 16.5. The predicted molar refractivity (Wildman–Crippen MR) is 118 cm³/mol. The minimum absolute atomic E-state index is 0.0797. The fourth-order valence-corrected chi connectivity index (χ4v) is 3.59. The Labute approximate surface area is 183 Å². The Morgan fingerprint density at radius 2 is 1.81 bits per heavy atom. The number of carbonyl (C=O) groups excluding carboxylic acids is 3. The Kier molecular flexibility index (Phi) is 7.28. The summed E-state index contributed by atoms with van der Waals surface area (Å²) in [5.74, 6) is -1.51. The molecule has 7 nitrogen and oxygen atoms in total. The molecular formula is C24H29N3O4. The van der Waals surface area contributed by atoms with Crippen LogP contribution in [0.3, 0.4) is 0 Å². The molecule has 0 saturated carbocycles. The summed E-state index contributed by atoms with van der Waals surface area (Å²) in [6.45, 7) is 2.24. The minimum atomic E-state index is -0.551. The number of nitrogens with one attached hydrogen (secondary N) is 1. The predicted octanol–water partition coefficient (Wildman–Crippen LogP) is 2.52. The number of esters is 1. The van der Waals surface area contributed by atoms with Gasteiger partial charge in [0.05, 0.1) is 12.0 Å². The van der Waals surface area contributed by atoms with Crippen LogP contribution in [0.15, 0.2) is 54.6 Å². The van der Waals surface area contributed by atoms with E-state index in [9.17, 15) is 14.4 Å². The third-order valence-corrected chi connectivity index (χ3v) is 5.53. The second kappa shape index (κ2) is 10.1. The SMILES string of the molecule is C[C@@H](c1ccccc1)N1C[C@H](C(=O)OCC(=O)NCc2ccc(N(C)C)cc2)CC1=O. The van der Waals surface area contributed by atoms with Crippen LogP contribution in [-0.2, 0) is 25.7 Å². The van der Waals surface area contributed by atoms with E-state index in [-0.39, 0.29) is 30.9 Å². The quantitative estimate of drug-likeness (QED) is 0.660. The topological polar surface area (TPSA) is 79.0 Å². The maximum absolute atomic E-state index is 12.4. The van der Waals surface area contributed by atoms with Gasteiger partial charge in [-0.1, -0.05) is 42.5 Å². The third-order valence-electron chi connectivity index (χ3n) is 5.53. The lowest BCUT2D eigenvalue weighted by Gasteiger charge is -2.25. The molecule has 0 bridgehead atoms. The third kappa shape index (κ3) is 5.84. The summed E-state index contributed by atoms with van der Waals surface area (Å²) < 4.78 is 5.17. The van der Waals surface area contributed by atoms with Gasteiger partial charge in [0.1, 0.15) is 0 Å². The van der Waals surface area contributed by atoms with Crippen molar-refractivity contribution in [2.24, 2.45) is 5.92 Å². The average Bonchev–Trinajstić information content (AvgIpc) is 3.18. The summed E-state index contributed by atoms with van der Waals surface area (Å²) in [6.07, 6.45) is 0.107. The summed E-state index contributed by atoms with van der Waals surface area (Å²) in [6, 6.07) is 17.4. The van der Waals surface area contributed by atoms with Crippen molar-refractivity contribution in [3.8, 4) is 0 Å².